The molecule has 1 atom stereocenters. The molecule has 0 saturated heterocycles. The minimum atomic E-state index is -0.0288. The van der Waals surface area contributed by atoms with Crippen molar-refractivity contribution in [1.82, 2.24) is 0 Å². The van der Waals surface area contributed by atoms with E-state index in [0.29, 0.717) is 0 Å². The Hall–Kier alpha value is -0.496. The van der Waals surface area contributed by atoms with Crippen molar-refractivity contribution in [2.75, 3.05) is 0 Å². The molecule has 1 aliphatic rings. The van der Waals surface area contributed by atoms with Gasteiger partial charge < -0.3 is 37.2 Å². The van der Waals surface area contributed by atoms with E-state index in [9.17, 15) is 0 Å². The molecule has 4 heteroatoms. The molecule has 1 aliphatic carbocycles. The summed E-state index contributed by atoms with van der Waals surface area (Å²) in [6.45, 7) is 4.54. The van der Waals surface area contributed by atoms with Gasteiger partial charge in [0, 0.05) is 0 Å². The topological polar surface area (TPSA) is 0 Å². The summed E-state index contributed by atoms with van der Waals surface area (Å²) in [5.41, 5.74) is 4.28. The first-order valence-electron chi connectivity index (χ1n) is 9.43. The van der Waals surface area contributed by atoms with Gasteiger partial charge in [0.15, 0.2) is 0 Å². The Labute approximate surface area is 200 Å². The predicted molar refractivity (Wildman–Crippen MR) is 103 cm³/mol. The van der Waals surface area contributed by atoms with E-state index in [1.807, 2.05) is 0 Å². The molecule has 1 unspecified atom stereocenters. The van der Waals surface area contributed by atoms with E-state index in [1.165, 1.54) is 29.5 Å². The average molecular weight is 470 g/mol. The molecule has 2 aromatic carbocycles. The van der Waals surface area contributed by atoms with Crippen LogP contribution in [0.1, 0.15) is 50.7 Å². The molecule has 0 radical (unpaired) electrons. The number of unbranched alkanes of at least 4 members (excludes halogenated alkanes) is 1. The summed E-state index contributed by atoms with van der Waals surface area (Å²) in [7, 11) is 0. The number of rotatable bonds is 7. The second kappa shape index (κ2) is 12.3. The molecule has 0 amide bonds. The van der Waals surface area contributed by atoms with E-state index in [-0.39, 0.29) is 46.4 Å². The first-order valence-corrected chi connectivity index (χ1v) is 10.2. The van der Waals surface area contributed by atoms with Crippen LogP contribution in [0, 0.1) is 0 Å². The minimum Gasteiger partial charge on any atom is -1.00 e. The van der Waals surface area contributed by atoms with E-state index in [0.717, 1.165) is 12.8 Å². The predicted octanol–water partition coefficient (Wildman–Crippen LogP) is -2.21. The van der Waals surface area contributed by atoms with Gasteiger partial charge in [0.2, 0.25) is 0 Å². The fraction of sp³-hybridized carbons (Fsp3) is 0.333. The zero-order valence-electron chi connectivity index (χ0n) is 16.5. The third-order valence-electron chi connectivity index (χ3n) is 5.53. The molecule has 2 aromatic rings. The van der Waals surface area contributed by atoms with Gasteiger partial charge in [0.25, 0.3) is 0 Å². The smallest absolute Gasteiger partial charge is 1.00 e. The summed E-state index contributed by atoms with van der Waals surface area (Å²) in [6.07, 6.45) is 12.0. The molecule has 0 N–H and O–H groups in total. The van der Waals surface area contributed by atoms with Crippen molar-refractivity contribution in [3.8, 4) is 0 Å². The monoisotopic (exact) mass is 468 g/mol. The van der Waals surface area contributed by atoms with Crippen molar-refractivity contribution >= 4 is 0 Å². The van der Waals surface area contributed by atoms with Crippen molar-refractivity contribution in [2.45, 2.75) is 48.7 Å². The maximum atomic E-state index is 2.52. The third kappa shape index (κ3) is 5.16. The number of benzene rings is 2. The summed E-state index contributed by atoms with van der Waals surface area (Å²) in [6, 6.07) is 22.3. The van der Waals surface area contributed by atoms with Crippen LogP contribution in [0.4, 0.5) is 0 Å². The number of hydrogen-bond donors (Lipinski definition) is 0. The van der Waals surface area contributed by atoms with E-state index >= 15 is 0 Å². The zero-order valence-corrected chi connectivity index (χ0v) is 20.3. The van der Waals surface area contributed by atoms with Crippen LogP contribution >= 0.6 is 0 Å². The van der Waals surface area contributed by atoms with Gasteiger partial charge in [-0.25, -0.2) is 0 Å². The summed E-state index contributed by atoms with van der Waals surface area (Å²) in [5, 5.41) is 0. The molecular formula is C24H27Cl3Ti. The summed E-state index contributed by atoms with van der Waals surface area (Å²) in [5.74, 6) is 0. The Balaban J connectivity index is 0.00000243. The van der Waals surface area contributed by atoms with Gasteiger partial charge >= 0.3 is 165 Å². The third-order valence-corrected chi connectivity index (χ3v) is 6.68. The Morgan fingerprint density at radius 2 is 1.32 bits per heavy atom. The molecule has 0 heterocycles. The van der Waals surface area contributed by atoms with Gasteiger partial charge in [-0.2, -0.15) is 0 Å². The normalized spacial score (nSPS) is 17.8. The molecule has 0 nitrogen and oxygen atoms in total. The molecule has 0 spiro atoms. The van der Waals surface area contributed by atoms with Crippen molar-refractivity contribution in [3.05, 3.63) is 95.6 Å². The first kappa shape index (κ1) is 27.5. The standard InChI is InChI=1S/C24H27.3ClH.Ti/c1-3-5-18-24(21-12-8-6-9-13-21,22-14-10-7-11-15-22)23-17-16-20(4-2)19-23;;;;/h6-17,19H,3-5,18H2,1-2H3;3*1H;/q;;;;+3/p-3. The second-order valence-electron chi connectivity index (χ2n) is 7.02. The largest absolute Gasteiger partial charge is 1.00 e. The molecule has 28 heavy (non-hydrogen) atoms. The Morgan fingerprint density at radius 3 is 1.71 bits per heavy atom. The number of halogens is 3. The van der Waals surface area contributed by atoms with E-state index < -0.39 is 0 Å². The van der Waals surface area contributed by atoms with Crippen LogP contribution in [0.15, 0.2) is 84.5 Å². The minimum absolute atomic E-state index is 0. The quantitative estimate of drug-likeness (QED) is 0.404. The molecule has 0 fully saturated rings. The SMILES string of the molecule is CCCCC(c1ccccc1)(c1ccccc1)[C]1([Ti+3])C=CC(CC)=C1.[Cl-].[Cl-].[Cl-]. The van der Waals surface area contributed by atoms with Crippen LogP contribution in [0.3, 0.4) is 0 Å². The van der Waals surface area contributed by atoms with E-state index in [4.69, 9.17) is 0 Å². The van der Waals surface area contributed by atoms with Gasteiger partial charge in [0.05, 0.1) is 0 Å². The number of hydrogen-bond acceptors (Lipinski definition) is 0. The molecule has 0 aromatic heterocycles. The first-order chi connectivity index (χ1) is 12.2. The fourth-order valence-electron chi connectivity index (χ4n) is 4.14. The molecule has 0 bridgehead atoms. The fourth-order valence-corrected chi connectivity index (χ4v) is 5.21. The summed E-state index contributed by atoms with van der Waals surface area (Å²) in [4.78, 5) is 0. The van der Waals surface area contributed by atoms with Crippen LogP contribution in [0.2, 0.25) is 3.72 Å². The summed E-state index contributed by atoms with van der Waals surface area (Å²) < 4.78 is -0.00375. The number of allylic oxidation sites excluding steroid dienone is 4. The van der Waals surface area contributed by atoms with E-state index in [2.05, 4.69) is 113 Å². The maximum Gasteiger partial charge on any atom is -1.00 e. The van der Waals surface area contributed by atoms with Crippen LogP contribution in [-0.4, -0.2) is 0 Å². The van der Waals surface area contributed by atoms with Gasteiger partial charge in [-0.1, -0.05) is 0 Å². The Bertz CT molecular complexity index is 716. The van der Waals surface area contributed by atoms with Gasteiger partial charge in [-0.3, -0.25) is 0 Å². The molecule has 148 valence electrons. The van der Waals surface area contributed by atoms with Crippen molar-refractivity contribution < 1.29 is 57.7 Å². The van der Waals surface area contributed by atoms with Gasteiger partial charge in [-0.05, 0) is 0 Å². The molecular weight excluding hydrogens is 442 g/mol. The van der Waals surface area contributed by atoms with Crippen molar-refractivity contribution in [1.29, 1.82) is 0 Å². The average Bonchev–Trinajstić information content (AvgIpc) is 3.07. The molecule has 3 rings (SSSR count). The van der Waals surface area contributed by atoms with Crippen LogP contribution in [-0.2, 0) is 25.9 Å². The Morgan fingerprint density at radius 1 is 0.821 bits per heavy atom. The van der Waals surface area contributed by atoms with Crippen LogP contribution < -0.4 is 37.2 Å². The van der Waals surface area contributed by atoms with Crippen molar-refractivity contribution in [3.63, 3.8) is 0 Å². The zero-order chi connectivity index (χ0) is 17.8. The van der Waals surface area contributed by atoms with E-state index in [1.54, 1.807) is 0 Å². The van der Waals surface area contributed by atoms with Gasteiger partial charge in [-0.15, -0.1) is 0 Å². The summed E-state index contributed by atoms with van der Waals surface area (Å²) >= 11 is 2.42. The van der Waals surface area contributed by atoms with Gasteiger partial charge in [0.1, 0.15) is 0 Å². The van der Waals surface area contributed by atoms with Crippen molar-refractivity contribution in [2.24, 2.45) is 0 Å². The molecule has 0 aliphatic heterocycles. The second-order valence-corrected chi connectivity index (χ2v) is 8.31. The maximum absolute atomic E-state index is 2.52. The Kier molecular flexibility index (Phi) is 12.0. The van der Waals surface area contributed by atoms with Crippen LogP contribution in [0.25, 0.3) is 0 Å². The molecule has 0 saturated carbocycles. The van der Waals surface area contributed by atoms with Crippen LogP contribution in [0.5, 0.6) is 0 Å².